The number of nitrogens with zero attached hydrogens (tertiary/aromatic N) is 2. The third-order valence-electron chi connectivity index (χ3n) is 4.11. The topological polar surface area (TPSA) is 103 Å². The molecule has 8 nitrogen and oxygen atoms in total. The van der Waals surface area contributed by atoms with Gasteiger partial charge in [-0.05, 0) is 43.3 Å². The quantitative estimate of drug-likeness (QED) is 0.176. The van der Waals surface area contributed by atoms with Crippen LogP contribution >= 0.6 is 23.2 Å². The molecule has 0 unspecified atom stereocenters. The van der Waals surface area contributed by atoms with Crippen LogP contribution in [0.25, 0.3) is 0 Å². The van der Waals surface area contributed by atoms with Crippen LogP contribution < -0.4 is 10.1 Å². The highest BCUT2D eigenvalue weighted by Gasteiger charge is 2.16. The number of nitro benzene ring substituents is 1. The van der Waals surface area contributed by atoms with Crippen molar-refractivity contribution in [2.75, 3.05) is 11.9 Å². The molecule has 0 radical (unpaired) electrons. The summed E-state index contributed by atoms with van der Waals surface area (Å²) >= 11 is 12.5. The maximum absolute atomic E-state index is 14.1. The molecule has 0 bridgehead atoms. The standard InChI is InChI=1S/C22H16Cl2FN3O5/c1-2-32-21(16-5-3-4-6-19(16)25)27-22(29)26-13-11-17(23)20(18(24)12-13)33-15-9-7-14(8-10-15)28(30)31/h3-12H,2H2,1H3,(H,26,29). The molecule has 0 aromatic heterocycles. The second-order valence-corrected chi connectivity index (χ2v) is 7.20. The number of amides is 2. The lowest BCUT2D eigenvalue weighted by molar-refractivity contribution is -0.384. The van der Waals surface area contributed by atoms with E-state index in [0.29, 0.717) is 0 Å². The number of nitrogens with one attached hydrogen (secondary N) is 1. The fourth-order valence-corrected chi connectivity index (χ4v) is 3.23. The van der Waals surface area contributed by atoms with Gasteiger partial charge in [0.15, 0.2) is 5.75 Å². The van der Waals surface area contributed by atoms with Crippen molar-refractivity contribution in [3.63, 3.8) is 0 Å². The molecule has 0 aliphatic carbocycles. The van der Waals surface area contributed by atoms with Gasteiger partial charge in [0, 0.05) is 17.8 Å². The molecule has 0 heterocycles. The summed E-state index contributed by atoms with van der Waals surface area (Å²) in [6, 6.07) is 13.0. The van der Waals surface area contributed by atoms with Crippen LogP contribution in [0.4, 0.5) is 20.6 Å². The van der Waals surface area contributed by atoms with Crippen molar-refractivity contribution in [3.8, 4) is 11.5 Å². The summed E-state index contributed by atoms with van der Waals surface area (Å²) in [5, 5.41) is 13.4. The Balaban J connectivity index is 1.78. The van der Waals surface area contributed by atoms with Crippen LogP contribution in [0.1, 0.15) is 12.5 Å². The van der Waals surface area contributed by atoms with Crippen molar-refractivity contribution in [1.82, 2.24) is 0 Å². The average molecular weight is 492 g/mol. The van der Waals surface area contributed by atoms with Gasteiger partial charge >= 0.3 is 6.03 Å². The highest BCUT2D eigenvalue weighted by Crippen LogP contribution is 2.39. The number of benzene rings is 3. The Labute approximate surface area is 197 Å². The molecular weight excluding hydrogens is 476 g/mol. The molecule has 0 aliphatic rings. The monoisotopic (exact) mass is 491 g/mol. The number of carbonyl (C=O) groups excluding carboxylic acids is 1. The lowest BCUT2D eigenvalue weighted by atomic mass is 10.2. The van der Waals surface area contributed by atoms with Gasteiger partial charge in [-0.2, -0.15) is 4.99 Å². The molecule has 170 valence electrons. The fraction of sp³-hybridized carbons (Fsp3) is 0.0909. The molecule has 0 aliphatic heterocycles. The summed E-state index contributed by atoms with van der Waals surface area (Å²) in [5.74, 6) is -0.396. The lowest BCUT2D eigenvalue weighted by Gasteiger charge is -2.12. The normalized spacial score (nSPS) is 11.1. The van der Waals surface area contributed by atoms with Gasteiger partial charge in [-0.25, -0.2) is 9.18 Å². The third kappa shape index (κ3) is 6.18. The predicted molar refractivity (Wildman–Crippen MR) is 123 cm³/mol. The van der Waals surface area contributed by atoms with Gasteiger partial charge in [-0.3, -0.25) is 10.1 Å². The van der Waals surface area contributed by atoms with Crippen LogP contribution in [0.5, 0.6) is 11.5 Å². The number of carbonyl (C=O) groups is 1. The molecule has 33 heavy (non-hydrogen) atoms. The summed E-state index contributed by atoms with van der Waals surface area (Å²) in [6.45, 7) is 1.85. The van der Waals surface area contributed by atoms with Gasteiger partial charge in [-0.1, -0.05) is 35.3 Å². The minimum absolute atomic E-state index is 0.0393. The average Bonchev–Trinajstić information content (AvgIpc) is 2.76. The Kier molecular flexibility index (Phi) is 7.81. The van der Waals surface area contributed by atoms with E-state index in [9.17, 15) is 19.3 Å². The molecule has 11 heteroatoms. The smallest absolute Gasteiger partial charge is 0.348 e. The van der Waals surface area contributed by atoms with E-state index in [1.165, 1.54) is 54.6 Å². The predicted octanol–water partition coefficient (Wildman–Crippen LogP) is 6.85. The fourth-order valence-electron chi connectivity index (χ4n) is 2.67. The largest absolute Gasteiger partial charge is 0.477 e. The second kappa shape index (κ2) is 10.8. The number of rotatable bonds is 6. The van der Waals surface area contributed by atoms with E-state index < -0.39 is 16.8 Å². The lowest BCUT2D eigenvalue weighted by Crippen LogP contribution is -2.15. The van der Waals surface area contributed by atoms with Crippen molar-refractivity contribution >= 4 is 46.5 Å². The first-order valence-electron chi connectivity index (χ1n) is 9.47. The molecule has 0 atom stereocenters. The number of anilines is 1. The number of aliphatic imine (C=N–C) groups is 1. The summed E-state index contributed by atoms with van der Waals surface area (Å²) in [7, 11) is 0. The Morgan fingerprint density at radius 3 is 2.33 bits per heavy atom. The highest BCUT2D eigenvalue weighted by molar-refractivity contribution is 6.37. The number of urea groups is 1. The van der Waals surface area contributed by atoms with Crippen LogP contribution in [0.2, 0.25) is 10.0 Å². The number of hydrogen-bond acceptors (Lipinski definition) is 5. The third-order valence-corrected chi connectivity index (χ3v) is 4.67. The van der Waals surface area contributed by atoms with Gasteiger partial charge in [0.2, 0.25) is 5.90 Å². The number of non-ortho nitro benzene ring substituents is 1. The minimum atomic E-state index is -0.835. The summed E-state index contributed by atoms with van der Waals surface area (Å²) < 4.78 is 25.0. The van der Waals surface area contributed by atoms with Crippen molar-refractivity contribution in [3.05, 3.63) is 92.2 Å². The first kappa shape index (κ1) is 24.0. The number of nitro groups is 1. The van der Waals surface area contributed by atoms with Crippen molar-refractivity contribution in [2.45, 2.75) is 6.92 Å². The molecule has 1 N–H and O–H groups in total. The van der Waals surface area contributed by atoms with Crippen molar-refractivity contribution < 1.29 is 23.6 Å². The zero-order valence-corrected chi connectivity index (χ0v) is 18.6. The van der Waals surface area contributed by atoms with Gasteiger partial charge < -0.3 is 14.8 Å². The summed E-state index contributed by atoms with van der Waals surface area (Å²) in [6.07, 6.45) is 0. The molecule has 2 amide bonds. The molecule has 3 aromatic rings. The van der Waals surface area contributed by atoms with Gasteiger partial charge in [0.1, 0.15) is 11.6 Å². The van der Waals surface area contributed by atoms with E-state index in [2.05, 4.69) is 10.3 Å². The van der Waals surface area contributed by atoms with E-state index in [1.807, 2.05) is 0 Å². The van der Waals surface area contributed by atoms with E-state index in [4.69, 9.17) is 32.7 Å². The summed E-state index contributed by atoms with van der Waals surface area (Å²) in [5.41, 5.74) is 0.150. The van der Waals surface area contributed by atoms with Crippen LogP contribution in [0, 0.1) is 15.9 Å². The Morgan fingerprint density at radius 1 is 1.12 bits per heavy atom. The maximum Gasteiger partial charge on any atom is 0.348 e. The van der Waals surface area contributed by atoms with E-state index in [-0.39, 0.29) is 51.0 Å². The molecule has 3 rings (SSSR count). The SMILES string of the molecule is CCOC(=NC(=O)Nc1cc(Cl)c(Oc2ccc([N+](=O)[O-])cc2)c(Cl)c1)c1ccccc1F. The summed E-state index contributed by atoms with van der Waals surface area (Å²) in [4.78, 5) is 26.4. The Morgan fingerprint density at radius 2 is 1.76 bits per heavy atom. The van der Waals surface area contributed by atoms with Crippen molar-refractivity contribution in [1.29, 1.82) is 0 Å². The van der Waals surface area contributed by atoms with Gasteiger partial charge in [0.25, 0.3) is 5.69 Å². The number of hydrogen-bond donors (Lipinski definition) is 1. The molecular formula is C22H16Cl2FN3O5. The molecule has 0 saturated heterocycles. The van der Waals surface area contributed by atoms with Crippen LogP contribution in [-0.2, 0) is 4.74 Å². The zero-order valence-electron chi connectivity index (χ0n) is 17.1. The first-order valence-corrected chi connectivity index (χ1v) is 10.2. The maximum atomic E-state index is 14.1. The van der Waals surface area contributed by atoms with Crippen LogP contribution in [0.15, 0.2) is 65.7 Å². The van der Waals surface area contributed by atoms with E-state index in [0.717, 1.165) is 0 Å². The Bertz CT molecular complexity index is 1200. The number of halogens is 3. The molecule has 3 aromatic carbocycles. The molecule has 0 fully saturated rings. The highest BCUT2D eigenvalue weighted by atomic mass is 35.5. The Hall–Kier alpha value is -3.69. The molecule has 0 saturated carbocycles. The first-order chi connectivity index (χ1) is 15.8. The van der Waals surface area contributed by atoms with Crippen LogP contribution in [-0.4, -0.2) is 23.5 Å². The van der Waals surface area contributed by atoms with Gasteiger partial charge in [-0.15, -0.1) is 0 Å². The number of ether oxygens (including phenoxy) is 2. The minimum Gasteiger partial charge on any atom is -0.477 e. The second-order valence-electron chi connectivity index (χ2n) is 6.38. The zero-order chi connectivity index (χ0) is 24.0. The van der Waals surface area contributed by atoms with Crippen molar-refractivity contribution in [2.24, 2.45) is 4.99 Å². The van der Waals surface area contributed by atoms with E-state index in [1.54, 1.807) is 13.0 Å². The van der Waals surface area contributed by atoms with Gasteiger partial charge in [0.05, 0.1) is 27.1 Å². The van der Waals surface area contributed by atoms with E-state index >= 15 is 0 Å². The molecule has 0 spiro atoms. The van der Waals surface area contributed by atoms with Crippen LogP contribution in [0.3, 0.4) is 0 Å².